The van der Waals surface area contributed by atoms with Crippen LogP contribution in [0.1, 0.15) is 54.4 Å². The molecule has 0 aliphatic carbocycles. The number of amides is 2. The molecule has 1 radical (unpaired) electrons. The van der Waals surface area contributed by atoms with E-state index < -0.39 is 32.6 Å². The van der Waals surface area contributed by atoms with Crippen molar-refractivity contribution in [2.75, 3.05) is 13.6 Å². The molecule has 1 aliphatic rings. The molecule has 1 heterocycles. The van der Waals surface area contributed by atoms with Gasteiger partial charge in [-0.2, -0.15) is 0 Å². The molecule has 8 heteroatoms. The minimum Gasteiger partial charge on any atom is -0.444 e. The van der Waals surface area contributed by atoms with Crippen molar-refractivity contribution in [3.8, 4) is 0 Å². The molecule has 2 N–H and O–H groups in total. The summed E-state index contributed by atoms with van der Waals surface area (Å²) in [6.45, 7) is 16.1. The third-order valence-corrected chi connectivity index (χ3v) is 5.56. The zero-order valence-electron chi connectivity index (χ0n) is 18.3. The SMILES string of the molecule is CNC(=O)C[C@@H](O)[C@@]1(O[Si](C)C)C[C@H](C(C)(C)C)CN1C(=O)OC(C)(C)C. The number of ether oxygens (including phenoxy) is 1. The van der Waals surface area contributed by atoms with Crippen LogP contribution in [0.4, 0.5) is 4.79 Å². The lowest BCUT2D eigenvalue weighted by molar-refractivity contribution is -0.150. The van der Waals surface area contributed by atoms with Crippen molar-refractivity contribution in [3.63, 3.8) is 0 Å². The second kappa shape index (κ2) is 8.49. The van der Waals surface area contributed by atoms with Crippen molar-refractivity contribution in [1.29, 1.82) is 0 Å². The number of likely N-dealkylation sites (tertiary alicyclic amines) is 1. The van der Waals surface area contributed by atoms with Gasteiger partial charge in [0.2, 0.25) is 14.9 Å². The summed E-state index contributed by atoms with van der Waals surface area (Å²) < 4.78 is 11.9. The van der Waals surface area contributed by atoms with Crippen LogP contribution in [-0.4, -0.2) is 62.1 Å². The normalized spacial score (nSPS) is 24.9. The van der Waals surface area contributed by atoms with Crippen LogP contribution < -0.4 is 5.32 Å². The Kier molecular flexibility index (Phi) is 7.52. The van der Waals surface area contributed by atoms with E-state index in [1.54, 1.807) is 20.8 Å². The molecule has 7 nitrogen and oxygen atoms in total. The molecule has 0 saturated carbocycles. The topological polar surface area (TPSA) is 88.1 Å². The molecule has 0 aromatic carbocycles. The Hall–Kier alpha value is -1.12. The fraction of sp³-hybridized carbons (Fsp3) is 0.895. The predicted molar refractivity (Wildman–Crippen MR) is 106 cm³/mol. The Balaban J connectivity index is 3.36. The maximum Gasteiger partial charge on any atom is 0.412 e. The van der Waals surface area contributed by atoms with Gasteiger partial charge in [0.05, 0.1) is 6.42 Å². The van der Waals surface area contributed by atoms with Crippen molar-refractivity contribution in [3.05, 3.63) is 0 Å². The maximum atomic E-state index is 13.0. The van der Waals surface area contributed by atoms with Gasteiger partial charge in [-0.15, -0.1) is 0 Å². The Morgan fingerprint density at radius 2 is 1.81 bits per heavy atom. The fourth-order valence-electron chi connectivity index (χ4n) is 3.30. The first-order chi connectivity index (χ1) is 12.1. The number of nitrogens with one attached hydrogen (secondary N) is 1. The summed E-state index contributed by atoms with van der Waals surface area (Å²) in [4.78, 5) is 26.5. The number of hydrogen-bond donors (Lipinski definition) is 2. The molecule has 0 unspecified atom stereocenters. The van der Waals surface area contributed by atoms with Gasteiger partial charge in [0.1, 0.15) is 11.7 Å². The molecule has 0 bridgehead atoms. The maximum absolute atomic E-state index is 13.0. The number of aliphatic hydroxyl groups is 1. The van der Waals surface area contributed by atoms with Crippen LogP contribution in [0.15, 0.2) is 0 Å². The van der Waals surface area contributed by atoms with E-state index in [1.807, 2.05) is 13.1 Å². The largest absolute Gasteiger partial charge is 0.444 e. The molecule has 3 atom stereocenters. The van der Waals surface area contributed by atoms with Crippen LogP contribution in [0.5, 0.6) is 0 Å². The quantitative estimate of drug-likeness (QED) is 0.692. The van der Waals surface area contributed by atoms with E-state index in [4.69, 9.17) is 9.16 Å². The lowest BCUT2D eigenvalue weighted by Gasteiger charge is -2.43. The van der Waals surface area contributed by atoms with Crippen molar-refractivity contribution in [2.24, 2.45) is 11.3 Å². The van der Waals surface area contributed by atoms with Crippen molar-refractivity contribution in [1.82, 2.24) is 10.2 Å². The van der Waals surface area contributed by atoms with E-state index in [0.29, 0.717) is 13.0 Å². The summed E-state index contributed by atoms with van der Waals surface area (Å²) >= 11 is 0. The average molecular weight is 402 g/mol. The molecule has 1 aliphatic heterocycles. The van der Waals surface area contributed by atoms with E-state index in [2.05, 4.69) is 26.1 Å². The van der Waals surface area contributed by atoms with Gasteiger partial charge < -0.3 is 19.6 Å². The molecule has 157 valence electrons. The summed E-state index contributed by atoms with van der Waals surface area (Å²) in [5, 5.41) is 13.6. The summed E-state index contributed by atoms with van der Waals surface area (Å²) in [7, 11) is 0.244. The first-order valence-electron chi connectivity index (χ1n) is 9.51. The molecule has 2 amide bonds. The first kappa shape index (κ1) is 23.9. The van der Waals surface area contributed by atoms with E-state index in [0.717, 1.165) is 0 Å². The Morgan fingerprint density at radius 3 is 2.22 bits per heavy atom. The molecule has 1 fully saturated rings. The number of rotatable bonds is 5. The summed E-state index contributed by atoms with van der Waals surface area (Å²) in [6.07, 6.45) is -1.34. The molecule has 1 rings (SSSR count). The van der Waals surface area contributed by atoms with Crippen LogP contribution in [0.25, 0.3) is 0 Å². The third-order valence-electron chi connectivity index (χ3n) is 4.80. The first-order valence-corrected chi connectivity index (χ1v) is 11.9. The highest BCUT2D eigenvalue weighted by Gasteiger charge is 2.57. The van der Waals surface area contributed by atoms with Gasteiger partial charge >= 0.3 is 6.09 Å². The van der Waals surface area contributed by atoms with Crippen molar-refractivity contribution < 1.29 is 23.9 Å². The summed E-state index contributed by atoms with van der Waals surface area (Å²) in [5.74, 6) is -0.194. The van der Waals surface area contributed by atoms with Gasteiger partial charge in [-0.05, 0) is 45.2 Å². The highest BCUT2D eigenvalue weighted by Crippen LogP contribution is 2.46. The molecule has 0 aromatic heterocycles. The van der Waals surface area contributed by atoms with Gasteiger partial charge in [-0.25, -0.2) is 4.79 Å². The standard InChI is InChI=1S/C19H37N2O5Si/c1-17(2,3)13-11-19(26-27(8)9,14(22)10-15(23)20-7)21(12-13)16(24)25-18(4,5)6/h13-14,22H,10-12H2,1-9H3,(H,20,23)/t13-,14+,19-/m0/s1. The molecular formula is C19H37N2O5Si. The molecule has 27 heavy (non-hydrogen) atoms. The predicted octanol–water partition coefficient (Wildman–Crippen LogP) is 2.75. The minimum atomic E-state index is -1.28. The summed E-state index contributed by atoms with van der Waals surface area (Å²) in [6, 6.07) is 0. The lowest BCUT2D eigenvalue weighted by atomic mass is 9.78. The van der Waals surface area contributed by atoms with E-state index in [-0.39, 0.29) is 23.7 Å². The van der Waals surface area contributed by atoms with E-state index in [9.17, 15) is 14.7 Å². The molecule has 1 saturated heterocycles. The highest BCUT2D eigenvalue weighted by molar-refractivity contribution is 6.48. The third kappa shape index (κ3) is 6.19. The smallest absolute Gasteiger partial charge is 0.412 e. The Bertz CT molecular complexity index is 541. The van der Waals surface area contributed by atoms with Crippen molar-refractivity contribution >= 4 is 21.0 Å². The second-order valence-electron chi connectivity index (χ2n) is 9.61. The van der Waals surface area contributed by atoms with Gasteiger partial charge in [-0.1, -0.05) is 20.8 Å². The molecule has 0 aromatic rings. The van der Waals surface area contributed by atoms with Crippen LogP contribution in [-0.2, 0) is 14.0 Å². The number of hydrogen-bond acceptors (Lipinski definition) is 5. The average Bonchev–Trinajstić information content (AvgIpc) is 2.85. The monoisotopic (exact) mass is 401 g/mol. The fourth-order valence-corrected chi connectivity index (χ4v) is 4.34. The minimum absolute atomic E-state index is 0.0908. The van der Waals surface area contributed by atoms with Crippen LogP contribution in [0, 0.1) is 11.3 Å². The zero-order valence-corrected chi connectivity index (χ0v) is 19.3. The van der Waals surface area contributed by atoms with E-state index >= 15 is 0 Å². The number of carbonyl (C=O) groups is 2. The second-order valence-corrected chi connectivity index (χ2v) is 11.6. The Labute approximate surface area is 165 Å². The molecular weight excluding hydrogens is 364 g/mol. The highest BCUT2D eigenvalue weighted by atomic mass is 28.3. The van der Waals surface area contributed by atoms with Crippen LogP contribution in [0.2, 0.25) is 13.1 Å². The Morgan fingerprint density at radius 1 is 1.26 bits per heavy atom. The van der Waals surface area contributed by atoms with Gasteiger partial charge in [0, 0.05) is 20.0 Å². The van der Waals surface area contributed by atoms with E-state index in [1.165, 1.54) is 11.9 Å². The number of aliphatic hydroxyl groups excluding tert-OH is 1. The van der Waals surface area contributed by atoms with Crippen molar-refractivity contribution in [2.45, 2.75) is 84.9 Å². The molecule has 0 spiro atoms. The lowest BCUT2D eigenvalue weighted by Crippen LogP contribution is -2.60. The van der Waals surface area contributed by atoms with Crippen LogP contribution >= 0.6 is 0 Å². The zero-order chi connectivity index (χ0) is 21.2. The van der Waals surface area contributed by atoms with Crippen LogP contribution in [0.3, 0.4) is 0 Å². The van der Waals surface area contributed by atoms with Gasteiger partial charge in [0.25, 0.3) is 0 Å². The van der Waals surface area contributed by atoms with Gasteiger partial charge in [-0.3, -0.25) is 9.69 Å². The number of nitrogens with zero attached hydrogens (tertiary/aromatic N) is 1. The van der Waals surface area contributed by atoms with Gasteiger partial charge in [0.15, 0.2) is 5.72 Å². The number of carbonyl (C=O) groups excluding carboxylic acids is 2. The summed E-state index contributed by atoms with van der Waals surface area (Å²) in [5.41, 5.74) is -2.02.